The van der Waals surface area contributed by atoms with Gasteiger partial charge in [-0.1, -0.05) is 17.4 Å². The molecule has 7 nitrogen and oxygen atoms in total. The highest BCUT2D eigenvalue weighted by Crippen LogP contribution is 2.26. The summed E-state index contributed by atoms with van der Waals surface area (Å²) in [6.45, 7) is 2.01. The minimum absolute atomic E-state index is 0.188. The molecule has 1 aliphatic rings. The Balaban J connectivity index is 1.52. The number of hydrogen-bond donors (Lipinski definition) is 1. The number of rotatable bonds is 4. The first-order chi connectivity index (χ1) is 13.0. The first-order valence-electron chi connectivity index (χ1n) is 8.49. The zero-order valence-electron chi connectivity index (χ0n) is 14.7. The van der Waals surface area contributed by atoms with E-state index in [0.717, 1.165) is 22.8 Å². The number of methoxy groups -OCH3 is 1. The van der Waals surface area contributed by atoms with Gasteiger partial charge < -0.3 is 14.6 Å². The quantitative estimate of drug-likeness (QED) is 0.719. The molecule has 2 aromatic carbocycles. The minimum atomic E-state index is -3.59. The van der Waals surface area contributed by atoms with Crippen molar-refractivity contribution in [2.45, 2.75) is 4.90 Å². The number of thiazole rings is 1. The molecule has 9 heteroatoms. The highest BCUT2D eigenvalue weighted by molar-refractivity contribution is 7.89. The minimum Gasteiger partial charge on any atom is -0.497 e. The van der Waals surface area contributed by atoms with E-state index in [2.05, 4.69) is 9.88 Å². The fourth-order valence-corrected chi connectivity index (χ4v) is 5.53. The molecule has 0 unspecified atom stereocenters. The Hall–Kier alpha value is -2.36. The topological polar surface area (TPSA) is 82.7 Å². The molecule has 2 heterocycles. The van der Waals surface area contributed by atoms with Crippen LogP contribution in [0, 0.1) is 0 Å². The molecule has 1 N–H and O–H groups in total. The highest BCUT2D eigenvalue weighted by atomic mass is 32.2. The molecule has 0 amide bonds. The molecule has 1 saturated heterocycles. The largest absolute Gasteiger partial charge is 0.497 e. The van der Waals surface area contributed by atoms with Gasteiger partial charge in [-0.15, -0.1) is 0 Å². The molecule has 142 valence electrons. The van der Waals surface area contributed by atoms with Crippen molar-refractivity contribution < 1.29 is 13.2 Å². The molecule has 3 aromatic rings. The van der Waals surface area contributed by atoms with Crippen LogP contribution in [0.5, 0.6) is 5.75 Å². The van der Waals surface area contributed by atoms with Crippen molar-refractivity contribution in [2.24, 2.45) is 0 Å². The predicted octanol–water partition coefficient (Wildman–Crippen LogP) is 2.11. The van der Waals surface area contributed by atoms with E-state index in [1.165, 1.54) is 4.31 Å². The van der Waals surface area contributed by atoms with Crippen LogP contribution in [0.1, 0.15) is 0 Å². The number of aromatic nitrogens is 1. The van der Waals surface area contributed by atoms with Crippen LogP contribution >= 0.6 is 11.3 Å². The Kier molecular flexibility index (Phi) is 4.67. The Morgan fingerprint density at radius 3 is 2.59 bits per heavy atom. The normalized spacial score (nSPS) is 16.0. The molecule has 0 aliphatic carbocycles. The van der Waals surface area contributed by atoms with Crippen molar-refractivity contribution in [1.82, 2.24) is 9.29 Å². The summed E-state index contributed by atoms with van der Waals surface area (Å²) in [6, 6.07) is 12.5. The zero-order valence-corrected chi connectivity index (χ0v) is 16.3. The lowest BCUT2D eigenvalue weighted by Crippen LogP contribution is -2.48. The lowest BCUT2D eigenvalue weighted by Gasteiger charge is -2.35. The third kappa shape index (κ3) is 3.45. The van der Waals surface area contributed by atoms with Gasteiger partial charge in [-0.05, 0) is 30.3 Å². The molecule has 27 heavy (non-hydrogen) atoms. The molecule has 0 radical (unpaired) electrons. The van der Waals surface area contributed by atoms with Gasteiger partial charge in [0, 0.05) is 37.9 Å². The number of benzene rings is 2. The molecule has 1 aliphatic heterocycles. The SMILES string of the molecule is COc1cccc(N2CCN(S(=O)(=O)c3ccc4[nH]c(=O)sc4c3)CC2)c1. The van der Waals surface area contributed by atoms with Gasteiger partial charge in [0.2, 0.25) is 10.0 Å². The van der Waals surface area contributed by atoms with E-state index < -0.39 is 10.0 Å². The maximum Gasteiger partial charge on any atom is 0.305 e. The van der Waals surface area contributed by atoms with Crippen LogP contribution in [-0.2, 0) is 10.0 Å². The Morgan fingerprint density at radius 1 is 1.07 bits per heavy atom. The lowest BCUT2D eigenvalue weighted by atomic mass is 10.2. The Bertz CT molecular complexity index is 1130. The Labute approximate surface area is 160 Å². The number of nitrogens with one attached hydrogen (secondary N) is 1. The predicted molar refractivity (Wildman–Crippen MR) is 106 cm³/mol. The number of fused-ring (bicyclic) bond motifs is 1. The second-order valence-corrected chi connectivity index (χ2v) is 9.22. The van der Waals surface area contributed by atoms with Gasteiger partial charge >= 0.3 is 4.87 Å². The lowest BCUT2D eigenvalue weighted by molar-refractivity contribution is 0.384. The summed E-state index contributed by atoms with van der Waals surface area (Å²) in [5.74, 6) is 0.779. The van der Waals surface area contributed by atoms with Gasteiger partial charge in [-0.3, -0.25) is 4.79 Å². The molecule has 0 atom stereocenters. The van der Waals surface area contributed by atoms with E-state index in [4.69, 9.17) is 4.74 Å². The summed E-state index contributed by atoms with van der Waals surface area (Å²) >= 11 is 1.02. The van der Waals surface area contributed by atoms with E-state index in [1.54, 1.807) is 25.3 Å². The summed E-state index contributed by atoms with van der Waals surface area (Å²) < 4.78 is 33.4. The molecule has 1 fully saturated rings. The number of anilines is 1. The van der Waals surface area contributed by atoms with Crippen LogP contribution in [0.3, 0.4) is 0 Å². The summed E-state index contributed by atoms with van der Waals surface area (Å²) in [5, 5.41) is 0. The fraction of sp³-hybridized carbons (Fsp3) is 0.278. The van der Waals surface area contributed by atoms with Gasteiger partial charge in [0.1, 0.15) is 5.75 Å². The molecule has 4 rings (SSSR count). The highest BCUT2D eigenvalue weighted by Gasteiger charge is 2.29. The first-order valence-corrected chi connectivity index (χ1v) is 10.7. The average Bonchev–Trinajstić information content (AvgIpc) is 3.07. The van der Waals surface area contributed by atoms with Gasteiger partial charge in [-0.25, -0.2) is 8.42 Å². The van der Waals surface area contributed by atoms with Gasteiger partial charge in [-0.2, -0.15) is 4.31 Å². The summed E-state index contributed by atoms with van der Waals surface area (Å²) in [6.07, 6.45) is 0. The molecule has 0 spiro atoms. The summed E-state index contributed by atoms with van der Waals surface area (Å²) in [7, 11) is -1.96. The smallest absolute Gasteiger partial charge is 0.305 e. The van der Waals surface area contributed by atoms with E-state index in [-0.39, 0.29) is 9.77 Å². The third-order valence-corrected chi connectivity index (χ3v) is 7.43. The first kappa shape index (κ1) is 18.0. The zero-order chi connectivity index (χ0) is 19.0. The molecule has 0 bridgehead atoms. The van der Waals surface area contributed by atoms with Crippen LogP contribution in [0.4, 0.5) is 5.69 Å². The van der Waals surface area contributed by atoms with Crippen molar-refractivity contribution in [1.29, 1.82) is 0 Å². The third-order valence-electron chi connectivity index (χ3n) is 4.69. The van der Waals surface area contributed by atoms with E-state index in [1.807, 2.05) is 24.3 Å². The summed E-state index contributed by atoms with van der Waals surface area (Å²) in [4.78, 5) is 16.3. The second kappa shape index (κ2) is 6.99. The van der Waals surface area contributed by atoms with Crippen LogP contribution in [0.15, 0.2) is 52.2 Å². The van der Waals surface area contributed by atoms with Crippen LogP contribution in [0.25, 0.3) is 10.2 Å². The number of hydrogen-bond acceptors (Lipinski definition) is 6. The van der Waals surface area contributed by atoms with Crippen molar-refractivity contribution in [3.8, 4) is 5.75 Å². The van der Waals surface area contributed by atoms with E-state index in [9.17, 15) is 13.2 Å². The number of aromatic amines is 1. The van der Waals surface area contributed by atoms with Crippen molar-refractivity contribution >= 4 is 37.3 Å². The molecule has 0 saturated carbocycles. The molecular formula is C18H19N3O4S2. The van der Waals surface area contributed by atoms with Crippen LogP contribution < -0.4 is 14.5 Å². The number of ether oxygens (including phenoxy) is 1. The Morgan fingerprint density at radius 2 is 1.85 bits per heavy atom. The van der Waals surface area contributed by atoms with Crippen molar-refractivity contribution in [3.05, 3.63) is 52.1 Å². The van der Waals surface area contributed by atoms with Crippen molar-refractivity contribution in [2.75, 3.05) is 38.2 Å². The molecule has 1 aromatic heterocycles. The average molecular weight is 406 g/mol. The van der Waals surface area contributed by atoms with Crippen molar-refractivity contribution in [3.63, 3.8) is 0 Å². The number of piperazine rings is 1. The number of nitrogens with zero attached hydrogens (tertiary/aromatic N) is 2. The van der Waals surface area contributed by atoms with Gasteiger partial charge in [0.05, 0.1) is 22.2 Å². The van der Waals surface area contributed by atoms with E-state index in [0.29, 0.717) is 36.4 Å². The van der Waals surface area contributed by atoms with Gasteiger partial charge in [0.25, 0.3) is 0 Å². The number of H-pyrrole nitrogens is 1. The van der Waals surface area contributed by atoms with Gasteiger partial charge in [0.15, 0.2) is 0 Å². The number of sulfonamides is 1. The maximum atomic E-state index is 13.0. The van der Waals surface area contributed by atoms with Crippen LogP contribution in [-0.4, -0.2) is 51.0 Å². The summed E-state index contributed by atoms with van der Waals surface area (Å²) in [5.41, 5.74) is 1.68. The van der Waals surface area contributed by atoms with Crippen LogP contribution in [0.2, 0.25) is 0 Å². The van der Waals surface area contributed by atoms with E-state index >= 15 is 0 Å². The fourth-order valence-electron chi connectivity index (χ4n) is 3.23. The molecular weight excluding hydrogens is 386 g/mol. The second-order valence-electron chi connectivity index (χ2n) is 6.27. The maximum absolute atomic E-state index is 13.0. The monoisotopic (exact) mass is 405 g/mol. The standard InChI is InChI=1S/C18H19N3O4S2/c1-25-14-4-2-3-13(11-14)20-7-9-21(10-8-20)27(23,24)15-5-6-16-17(12-15)26-18(22)19-16/h2-6,11-12H,7-10H2,1H3,(H,19,22).